The van der Waals surface area contributed by atoms with E-state index in [9.17, 15) is 0 Å². The Kier molecular flexibility index (Phi) is 5.13. The fourth-order valence-corrected chi connectivity index (χ4v) is 2.28. The van der Waals surface area contributed by atoms with Crippen LogP contribution in [0, 0.1) is 0 Å². The summed E-state index contributed by atoms with van der Waals surface area (Å²) in [6.07, 6.45) is 0.535. The van der Waals surface area contributed by atoms with Crippen molar-refractivity contribution in [3.8, 4) is 11.3 Å². The number of nitrogens with two attached hydrogens (primary N) is 1. The first-order valence-corrected chi connectivity index (χ1v) is 7.78. The summed E-state index contributed by atoms with van der Waals surface area (Å²) in [5, 5.41) is 8.58. The number of oxime groups is 1. The maximum Gasteiger partial charge on any atom is 0.177 e. The SMILES string of the molecule is N/C(Cc1ccccc1)=N\OCc1cc(-c2ccc(Cl)cc2)no1. The second-order valence-electron chi connectivity index (χ2n) is 5.20. The first kappa shape index (κ1) is 16.1. The second-order valence-corrected chi connectivity index (χ2v) is 5.64. The zero-order valence-corrected chi connectivity index (χ0v) is 13.6. The summed E-state index contributed by atoms with van der Waals surface area (Å²) in [5.41, 5.74) is 8.55. The lowest BCUT2D eigenvalue weighted by atomic mass is 10.1. The number of halogens is 1. The molecule has 0 saturated heterocycles. The zero-order valence-electron chi connectivity index (χ0n) is 12.9. The summed E-state index contributed by atoms with van der Waals surface area (Å²) in [4.78, 5) is 5.23. The minimum atomic E-state index is 0.163. The van der Waals surface area contributed by atoms with Gasteiger partial charge in [-0.3, -0.25) is 0 Å². The molecular weight excluding hydrogens is 326 g/mol. The van der Waals surface area contributed by atoms with E-state index in [1.165, 1.54) is 0 Å². The van der Waals surface area contributed by atoms with Gasteiger partial charge in [0.2, 0.25) is 0 Å². The van der Waals surface area contributed by atoms with Crippen LogP contribution in [-0.2, 0) is 17.9 Å². The molecule has 1 aromatic heterocycles. The normalized spacial score (nSPS) is 11.5. The molecule has 5 nitrogen and oxygen atoms in total. The summed E-state index contributed by atoms with van der Waals surface area (Å²) < 4.78 is 5.23. The Morgan fingerprint density at radius 3 is 2.62 bits per heavy atom. The Labute approximate surface area is 144 Å². The van der Waals surface area contributed by atoms with Crippen molar-refractivity contribution in [2.45, 2.75) is 13.0 Å². The maximum absolute atomic E-state index is 5.87. The molecule has 0 aliphatic carbocycles. The molecule has 0 aliphatic rings. The molecule has 0 amide bonds. The molecule has 0 atom stereocenters. The molecule has 3 rings (SSSR count). The van der Waals surface area contributed by atoms with Gasteiger partial charge in [0, 0.05) is 23.1 Å². The molecule has 0 radical (unpaired) electrons. The Bertz CT molecular complexity index is 814. The third-order valence-electron chi connectivity index (χ3n) is 3.32. The highest BCUT2D eigenvalue weighted by molar-refractivity contribution is 6.30. The highest BCUT2D eigenvalue weighted by Gasteiger charge is 2.07. The molecule has 0 bridgehead atoms. The molecule has 0 aliphatic heterocycles. The zero-order chi connectivity index (χ0) is 16.8. The van der Waals surface area contributed by atoms with Crippen molar-refractivity contribution in [2.24, 2.45) is 10.9 Å². The van der Waals surface area contributed by atoms with Crippen molar-refractivity contribution in [3.05, 3.63) is 77.0 Å². The van der Waals surface area contributed by atoms with E-state index in [-0.39, 0.29) is 6.61 Å². The van der Waals surface area contributed by atoms with Crippen molar-refractivity contribution < 1.29 is 9.36 Å². The summed E-state index contributed by atoms with van der Waals surface area (Å²) in [7, 11) is 0. The Morgan fingerprint density at radius 2 is 1.88 bits per heavy atom. The minimum absolute atomic E-state index is 0.163. The number of hydrogen-bond acceptors (Lipinski definition) is 4. The van der Waals surface area contributed by atoms with Crippen LogP contribution in [0.4, 0.5) is 0 Å². The molecule has 24 heavy (non-hydrogen) atoms. The smallest absolute Gasteiger partial charge is 0.177 e. The van der Waals surface area contributed by atoms with E-state index < -0.39 is 0 Å². The van der Waals surface area contributed by atoms with Gasteiger partial charge in [-0.1, -0.05) is 64.4 Å². The van der Waals surface area contributed by atoms with Crippen LogP contribution in [0.15, 0.2) is 70.3 Å². The average Bonchev–Trinajstić information content (AvgIpc) is 3.05. The van der Waals surface area contributed by atoms with Crippen molar-refractivity contribution in [3.63, 3.8) is 0 Å². The fourth-order valence-electron chi connectivity index (χ4n) is 2.15. The van der Waals surface area contributed by atoms with Gasteiger partial charge >= 0.3 is 0 Å². The van der Waals surface area contributed by atoms with Crippen LogP contribution in [0.3, 0.4) is 0 Å². The van der Waals surface area contributed by atoms with Gasteiger partial charge < -0.3 is 15.1 Å². The lowest BCUT2D eigenvalue weighted by Gasteiger charge is -2.01. The molecule has 3 aromatic rings. The van der Waals surface area contributed by atoms with Crippen molar-refractivity contribution in [1.82, 2.24) is 5.16 Å². The van der Waals surface area contributed by atoms with Gasteiger partial charge in [0.15, 0.2) is 12.4 Å². The molecule has 0 spiro atoms. The maximum atomic E-state index is 5.87. The standard InChI is InChI=1S/C18H16ClN3O2/c19-15-8-6-14(7-9-15)17-11-16(24-21-17)12-23-22-18(20)10-13-4-2-1-3-5-13/h1-9,11H,10,12H2,(H2,20,22). The van der Waals surface area contributed by atoms with Gasteiger partial charge in [-0.2, -0.15) is 0 Å². The van der Waals surface area contributed by atoms with E-state index in [2.05, 4.69) is 10.3 Å². The molecule has 6 heteroatoms. The molecule has 122 valence electrons. The van der Waals surface area contributed by atoms with Crippen LogP contribution in [-0.4, -0.2) is 11.0 Å². The summed E-state index contributed by atoms with van der Waals surface area (Å²) >= 11 is 5.87. The number of rotatable bonds is 6. The first-order chi connectivity index (χ1) is 11.7. The van der Waals surface area contributed by atoms with Gasteiger partial charge in [-0.25, -0.2) is 0 Å². The Morgan fingerprint density at radius 1 is 1.12 bits per heavy atom. The molecule has 0 saturated carbocycles. The lowest BCUT2D eigenvalue weighted by Crippen LogP contribution is -2.15. The van der Waals surface area contributed by atoms with E-state index in [0.29, 0.717) is 28.7 Å². The van der Waals surface area contributed by atoms with Gasteiger partial charge in [-0.15, -0.1) is 0 Å². The van der Waals surface area contributed by atoms with Crippen LogP contribution in [0.5, 0.6) is 0 Å². The van der Waals surface area contributed by atoms with E-state index in [1.54, 1.807) is 18.2 Å². The second kappa shape index (κ2) is 7.66. The van der Waals surface area contributed by atoms with E-state index in [1.807, 2.05) is 42.5 Å². The van der Waals surface area contributed by atoms with E-state index in [0.717, 1.165) is 11.1 Å². The molecule has 2 N–H and O–H groups in total. The third-order valence-corrected chi connectivity index (χ3v) is 3.57. The summed E-state index contributed by atoms with van der Waals surface area (Å²) in [6.45, 7) is 0.163. The van der Waals surface area contributed by atoms with Gasteiger partial charge in [0.1, 0.15) is 11.5 Å². The molecule has 0 unspecified atom stereocenters. The van der Waals surface area contributed by atoms with Gasteiger partial charge in [-0.05, 0) is 17.7 Å². The molecular formula is C18H16ClN3O2. The predicted molar refractivity (Wildman–Crippen MR) is 93.5 cm³/mol. The third kappa shape index (κ3) is 4.36. The first-order valence-electron chi connectivity index (χ1n) is 7.40. The number of amidine groups is 1. The topological polar surface area (TPSA) is 73.6 Å². The number of benzene rings is 2. The lowest BCUT2D eigenvalue weighted by molar-refractivity contribution is 0.108. The summed E-state index contributed by atoms with van der Waals surface area (Å²) in [5.74, 6) is 0.967. The quantitative estimate of drug-likeness (QED) is 0.417. The van der Waals surface area contributed by atoms with E-state index >= 15 is 0 Å². The Balaban J connectivity index is 1.55. The fraction of sp³-hybridized carbons (Fsp3) is 0.111. The number of nitrogens with zero attached hydrogens (tertiary/aromatic N) is 2. The van der Waals surface area contributed by atoms with Crippen molar-refractivity contribution in [2.75, 3.05) is 0 Å². The molecule has 0 fully saturated rings. The largest absolute Gasteiger partial charge is 0.386 e. The van der Waals surface area contributed by atoms with Crippen LogP contribution in [0.2, 0.25) is 5.02 Å². The highest BCUT2D eigenvalue weighted by atomic mass is 35.5. The number of aromatic nitrogens is 1. The van der Waals surface area contributed by atoms with Crippen molar-refractivity contribution >= 4 is 17.4 Å². The molecule has 2 aromatic carbocycles. The Hall–Kier alpha value is -2.79. The van der Waals surface area contributed by atoms with Crippen molar-refractivity contribution in [1.29, 1.82) is 0 Å². The summed E-state index contributed by atoms with van der Waals surface area (Å²) in [6, 6.07) is 19.0. The average molecular weight is 342 g/mol. The monoisotopic (exact) mass is 341 g/mol. The van der Waals surface area contributed by atoms with Crippen LogP contribution in [0.1, 0.15) is 11.3 Å². The van der Waals surface area contributed by atoms with Crippen LogP contribution < -0.4 is 5.73 Å². The van der Waals surface area contributed by atoms with E-state index in [4.69, 9.17) is 26.7 Å². The predicted octanol–water partition coefficient (Wildman–Crippen LogP) is 4.03. The molecule has 1 heterocycles. The van der Waals surface area contributed by atoms with Gasteiger partial charge in [0.25, 0.3) is 0 Å². The van der Waals surface area contributed by atoms with Gasteiger partial charge in [0.05, 0.1) is 0 Å². The van der Waals surface area contributed by atoms with Crippen LogP contribution in [0.25, 0.3) is 11.3 Å². The van der Waals surface area contributed by atoms with Crippen LogP contribution >= 0.6 is 11.6 Å². The number of hydrogen-bond donors (Lipinski definition) is 1. The highest BCUT2D eigenvalue weighted by Crippen LogP contribution is 2.21. The minimum Gasteiger partial charge on any atom is -0.386 e.